The lowest BCUT2D eigenvalue weighted by Gasteiger charge is -2.27. The molecule has 2 saturated heterocycles. The van der Waals surface area contributed by atoms with Gasteiger partial charge in [0.1, 0.15) is 18.5 Å². The Balaban J connectivity index is 1.33. The number of β-amino-alcohol motifs (C(OH)–C–C–N with tert-alkyl or cyclic N) is 1. The average Bonchev–Trinajstić information content (AvgIpc) is 2.98. The van der Waals surface area contributed by atoms with Gasteiger partial charge in [-0.05, 0) is 50.3 Å². The van der Waals surface area contributed by atoms with Gasteiger partial charge in [0, 0.05) is 24.5 Å². The van der Waals surface area contributed by atoms with Crippen LogP contribution >= 0.6 is 0 Å². The molecule has 2 aromatic carbocycles. The molecule has 0 amide bonds. The van der Waals surface area contributed by atoms with Crippen LogP contribution in [0, 0.1) is 0 Å². The number of hydrogen-bond acceptors (Lipinski definition) is 4. The van der Waals surface area contributed by atoms with E-state index in [1.54, 1.807) is 0 Å². The summed E-state index contributed by atoms with van der Waals surface area (Å²) < 4.78 is 5.95. The fourth-order valence-electron chi connectivity index (χ4n) is 4.31. The number of hydrogen-bond donors (Lipinski definition) is 1. The monoisotopic (exact) mass is 340 g/mol. The zero-order chi connectivity index (χ0) is 17.1. The molecule has 2 aliphatic rings. The number of aliphatic hydroxyl groups excluding tert-OH is 1. The van der Waals surface area contributed by atoms with Gasteiger partial charge in [0.05, 0.1) is 0 Å². The van der Waals surface area contributed by atoms with Gasteiger partial charge in [0.2, 0.25) is 0 Å². The van der Waals surface area contributed by atoms with Gasteiger partial charge >= 0.3 is 0 Å². The molecule has 4 nitrogen and oxygen atoms in total. The summed E-state index contributed by atoms with van der Waals surface area (Å²) in [6.45, 7) is 5.69. The lowest BCUT2D eigenvalue weighted by molar-refractivity contribution is 0.0663. The predicted octanol–water partition coefficient (Wildman–Crippen LogP) is 2.75. The van der Waals surface area contributed by atoms with Crippen LogP contribution in [0.15, 0.2) is 42.5 Å². The van der Waals surface area contributed by atoms with E-state index < -0.39 is 6.10 Å². The van der Waals surface area contributed by atoms with Crippen LogP contribution < -0.4 is 4.74 Å². The molecule has 25 heavy (non-hydrogen) atoms. The number of rotatable bonds is 5. The van der Waals surface area contributed by atoms with Gasteiger partial charge in [0.15, 0.2) is 0 Å². The molecule has 0 unspecified atom stereocenters. The highest BCUT2D eigenvalue weighted by molar-refractivity contribution is 5.88. The Morgan fingerprint density at radius 2 is 1.88 bits per heavy atom. The molecule has 2 heterocycles. The molecule has 2 fully saturated rings. The summed E-state index contributed by atoms with van der Waals surface area (Å²) in [6.07, 6.45) is 3.38. The molecule has 0 bridgehead atoms. The Hall–Kier alpha value is -1.62. The highest BCUT2D eigenvalue weighted by Crippen LogP contribution is 2.25. The molecule has 0 spiro atoms. The van der Waals surface area contributed by atoms with Gasteiger partial charge in [-0.25, -0.2) is 0 Å². The third kappa shape index (κ3) is 3.97. The quantitative estimate of drug-likeness (QED) is 0.908. The van der Waals surface area contributed by atoms with E-state index in [9.17, 15) is 5.11 Å². The second-order valence-corrected chi connectivity index (χ2v) is 7.39. The van der Waals surface area contributed by atoms with E-state index in [0.717, 1.165) is 24.2 Å². The van der Waals surface area contributed by atoms with Gasteiger partial charge in [-0.3, -0.25) is 9.80 Å². The lowest BCUT2D eigenvalue weighted by Crippen LogP contribution is -2.41. The predicted molar refractivity (Wildman–Crippen MR) is 101 cm³/mol. The summed E-state index contributed by atoms with van der Waals surface area (Å²) in [5, 5.41) is 12.8. The number of nitrogens with zero attached hydrogens (tertiary/aromatic N) is 2. The molecule has 0 aromatic heterocycles. The van der Waals surface area contributed by atoms with Crippen molar-refractivity contribution in [2.45, 2.75) is 31.4 Å². The SMILES string of the molecule is O[C@@H](COc1cccc2ccccc12)CN1CCCN2CCC[C@H]2C1. The van der Waals surface area contributed by atoms with Gasteiger partial charge < -0.3 is 9.84 Å². The first kappa shape index (κ1) is 16.8. The van der Waals surface area contributed by atoms with E-state index in [4.69, 9.17) is 4.74 Å². The maximum atomic E-state index is 10.5. The average molecular weight is 340 g/mol. The van der Waals surface area contributed by atoms with Crippen LogP contribution in [0.3, 0.4) is 0 Å². The normalized spacial score (nSPS) is 23.3. The van der Waals surface area contributed by atoms with Crippen LogP contribution in [0.25, 0.3) is 10.8 Å². The summed E-state index contributed by atoms with van der Waals surface area (Å²) in [7, 11) is 0. The summed E-state index contributed by atoms with van der Waals surface area (Å²) in [5.41, 5.74) is 0. The first-order valence-electron chi connectivity index (χ1n) is 9.54. The van der Waals surface area contributed by atoms with Crippen molar-refractivity contribution in [2.24, 2.45) is 0 Å². The lowest BCUT2D eigenvalue weighted by atomic mass is 10.1. The molecule has 134 valence electrons. The van der Waals surface area contributed by atoms with Crippen molar-refractivity contribution in [2.75, 3.05) is 39.3 Å². The zero-order valence-corrected chi connectivity index (χ0v) is 14.8. The highest BCUT2D eigenvalue weighted by atomic mass is 16.5. The molecule has 4 rings (SSSR count). The van der Waals surface area contributed by atoms with Crippen LogP contribution in [0.2, 0.25) is 0 Å². The summed E-state index contributed by atoms with van der Waals surface area (Å²) in [5.74, 6) is 0.856. The molecular formula is C21H28N2O2. The van der Waals surface area contributed by atoms with Crippen LogP contribution in [0.1, 0.15) is 19.3 Å². The smallest absolute Gasteiger partial charge is 0.127 e. The molecule has 0 aliphatic carbocycles. The molecule has 2 aliphatic heterocycles. The van der Waals surface area contributed by atoms with Gasteiger partial charge in [-0.15, -0.1) is 0 Å². The highest BCUT2D eigenvalue weighted by Gasteiger charge is 2.29. The molecule has 4 heteroatoms. The molecule has 1 N–H and O–H groups in total. The van der Waals surface area contributed by atoms with Crippen molar-refractivity contribution >= 4 is 10.8 Å². The summed E-state index contributed by atoms with van der Waals surface area (Å²) in [6, 6.07) is 15.0. The van der Waals surface area contributed by atoms with E-state index in [-0.39, 0.29) is 0 Å². The fraction of sp³-hybridized carbons (Fsp3) is 0.524. The van der Waals surface area contributed by atoms with E-state index >= 15 is 0 Å². The van der Waals surface area contributed by atoms with Crippen LogP contribution in [0.5, 0.6) is 5.75 Å². The maximum absolute atomic E-state index is 10.5. The third-order valence-corrected chi connectivity index (χ3v) is 5.54. The van der Waals surface area contributed by atoms with E-state index in [2.05, 4.69) is 28.0 Å². The Bertz CT molecular complexity index is 700. The number of fused-ring (bicyclic) bond motifs is 2. The zero-order valence-electron chi connectivity index (χ0n) is 14.8. The standard InChI is InChI=1S/C21H28N2O2/c24-19(15-22-11-5-13-23-12-4-8-18(23)14-22)16-25-21-10-3-7-17-6-1-2-9-20(17)21/h1-3,6-7,9-10,18-19,24H,4-5,8,11-16H2/t18-,19+/m0/s1. The van der Waals surface area contributed by atoms with Gasteiger partial charge in [-0.1, -0.05) is 36.4 Å². The fourth-order valence-corrected chi connectivity index (χ4v) is 4.31. The maximum Gasteiger partial charge on any atom is 0.127 e. The van der Waals surface area contributed by atoms with Crippen molar-refractivity contribution in [1.29, 1.82) is 0 Å². The minimum Gasteiger partial charge on any atom is -0.490 e. The van der Waals surface area contributed by atoms with Crippen molar-refractivity contribution in [1.82, 2.24) is 9.80 Å². The van der Waals surface area contributed by atoms with Crippen LogP contribution in [-0.4, -0.2) is 66.4 Å². The van der Waals surface area contributed by atoms with Gasteiger partial charge in [0.25, 0.3) is 0 Å². The molecular weight excluding hydrogens is 312 g/mol. The molecule has 2 atom stereocenters. The third-order valence-electron chi connectivity index (χ3n) is 5.54. The van der Waals surface area contributed by atoms with Crippen molar-refractivity contribution < 1.29 is 9.84 Å². The van der Waals surface area contributed by atoms with E-state index in [1.165, 1.54) is 37.7 Å². The number of ether oxygens (including phenoxy) is 1. The first-order chi connectivity index (χ1) is 12.3. The minimum absolute atomic E-state index is 0.346. The minimum atomic E-state index is -0.452. The topological polar surface area (TPSA) is 35.9 Å². The molecule has 0 radical (unpaired) electrons. The molecule has 2 aromatic rings. The van der Waals surface area contributed by atoms with E-state index in [0.29, 0.717) is 19.2 Å². The largest absolute Gasteiger partial charge is 0.490 e. The Morgan fingerprint density at radius 1 is 1.04 bits per heavy atom. The first-order valence-corrected chi connectivity index (χ1v) is 9.54. The van der Waals surface area contributed by atoms with Crippen LogP contribution in [0.4, 0.5) is 0 Å². The van der Waals surface area contributed by atoms with Crippen molar-refractivity contribution in [3.05, 3.63) is 42.5 Å². The Labute approximate surface area is 150 Å². The Kier molecular flexibility index (Phi) is 5.20. The van der Waals surface area contributed by atoms with Gasteiger partial charge in [-0.2, -0.15) is 0 Å². The van der Waals surface area contributed by atoms with E-state index in [1.807, 2.05) is 24.3 Å². The van der Waals surface area contributed by atoms with Crippen LogP contribution in [-0.2, 0) is 0 Å². The second-order valence-electron chi connectivity index (χ2n) is 7.39. The molecule has 0 saturated carbocycles. The van der Waals surface area contributed by atoms with Crippen molar-refractivity contribution in [3.63, 3.8) is 0 Å². The number of aliphatic hydroxyl groups is 1. The number of benzene rings is 2. The Morgan fingerprint density at radius 3 is 2.84 bits per heavy atom. The second kappa shape index (κ2) is 7.73. The summed E-state index contributed by atoms with van der Waals surface area (Å²) in [4.78, 5) is 5.05. The summed E-state index contributed by atoms with van der Waals surface area (Å²) >= 11 is 0. The van der Waals surface area contributed by atoms with Crippen molar-refractivity contribution in [3.8, 4) is 5.75 Å².